The van der Waals surface area contributed by atoms with Gasteiger partial charge in [0.1, 0.15) is 31.8 Å². The molecule has 20 nitrogen and oxygen atoms in total. The van der Waals surface area contributed by atoms with Gasteiger partial charge in [0.15, 0.2) is 26.4 Å². The van der Waals surface area contributed by atoms with E-state index >= 15 is 0 Å². The third-order valence-corrected chi connectivity index (χ3v) is 8.44. The Morgan fingerprint density at radius 1 is 0.323 bits per heavy atom. The molecule has 328 valence electrons. The van der Waals surface area contributed by atoms with Gasteiger partial charge in [-0.1, -0.05) is 0 Å². The van der Waals surface area contributed by atoms with E-state index < -0.39 is 106 Å². The van der Waals surface area contributed by atoms with Crippen LogP contribution in [0.4, 0.5) is 0 Å². The Labute approximate surface area is 368 Å². The predicted molar refractivity (Wildman–Crippen MR) is 212 cm³/mol. The summed E-state index contributed by atoms with van der Waals surface area (Å²) in [6.07, 6.45) is 0. The second-order valence-electron chi connectivity index (χ2n) is 13.2. The van der Waals surface area contributed by atoms with Gasteiger partial charge in [-0.25, -0.2) is 38.4 Å². The maximum atomic E-state index is 12.9. The van der Waals surface area contributed by atoms with Crippen molar-refractivity contribution in [2.45, 2.75) is 0 Å². The Morgan fingerprint density at radius 3 is 0.677 bits per heavy atom. The van der Waals surface area contributed by atoms with Gasteiger partial charge in [0.05, 0.1) is 68.8 Å². The zero-order chi connectivity index (χ0) is 47.2. The van der Waals surface area contributed by atoms with Crippen LogP contribution in [0.1, 0.15) is 63.7 Å². The monoisotopic (exact) mass is 884 g/mol. The van der Waals surface area contributed by atoms with E-state index in [1.807, 2.05) is 24.3 Å². The Balaban J connectivity index is 1.50. The number of ether oxygens (including phenoxy) is 8. The van der Waals surface area contributed by atoms with Crippen LogP contribution in [-0.4, -0.2) is 101 Å². The molecule has 0 amide bonds. The Hall–Kier alpha value is -9.40. The highest BCUT2D eigenvalue weighted by Crippen LogP contribution is 2.22. The van der Waals surface area contributed by atoms with Crippen LogP contribution in [0.25, 0.3) is 0 Å². The van der Waals surface area contributed by atoms with E-state index in [1.165, 1.54) is 97.1 Å². The van der Waals surface area contributed by atoms with E-state index in [-0.39, 0.29) is 44.5 Å². The molecule has 0 aliphatic heterocycles. The van der Waals surface area contributed by atoms with Crippen LogP contribution >= 0.6 is 0 Å². The Morgan fingerprint density at radius 2 is 0.508 bits per heavy atom. The summed E-state index contributed by atoms with van der Waals surface area (Å²) in [5, 5.41) is 36.0. The molecular formula is C45H32N4O16. The second kappa shape index (κ2) is 24.1. The molecule has 0 atom stereocenters. The molecule has 0 radical (unpaired) electrons. The second-order valence-corrected chi connectivity index (χ2v) is 13.2. The van der Waals surface area contributed by atoms with Gasteiger partial charge in [-0.15, -0.1) is 0 Å². The Bertz CT molecular complexity index is 2220. The molecule has 4 aromatic carbocycles. The van der Waals surface area contributed by atoms with Crippen molar-refractivity contribution < 1.29 is 76.3 Å². The summed E-state index contributed by atoms with van der Waals surface area (Å²) in [4.78, 5) is 102. The molecular weight excluding hydrogens is 853 g/mol. The first-order chi connectivity index (χ1) is 31.3. The third-order valence-electron chi connectivity index (χ3n) is 8.44. The van der Waals surface area contributed by atoms with E-state index in [2.05, 4.69) is 0 Å². The molecule has 0 N–H and O–H groups in total. The van der Waals surface area contributed by atoms with Crippen LogP contribution < -0.4 is 0 Å². The number of nitrogens with zero attached hydrogens (tertiary/aromatic N) is 4. The van der Waals surface area contributed by atoms with Crippen molar-refractivity contribution in [3.05, 3.63) is 142 Å². The van der Waals surface area contributed by atoms with Crippen LogP contribution in [-0.2, 0) is 57.1 Å². The molecule has 0 saturated carbocycles. The summed E-state index contributed by atoms with van der Waals surface area (Å²) in [6, 6.07) is 28.4. The van der Waals surface area contributed by atoms with Crippen molar-refractivity contribution in [1.82, 2.24) is 0 Å². The molecule has 20 heteroatoms. The first-order valence-corrected chi connectivity index (χ1v) is 18.6. The smallest absolute Gasteiger partial charge is 0.344 e. The maximum absolute atomic E-state index is 12.9. The quantitative estimate of drug-likeness (QED) is 0.0909. The van der Waals surface area contributed by atoms with Gasteiger partial charge in [0.25, 0.3) is 0 Å². The highest BCUT2D eigenvalue weighted by molar-refractivity contribution is 5.93. The van der Waals surface area contributed by atoms with Crippen molar-refractivity contribution in [2.24, 2.45) is 5.41 Å². The lowest BCUT2D eigenvalue weighted by molar-refractivity contribution is -0.174. The number of rotatable bonds is 20. The first-order valence-electron chi connectivity index (χ1n) is 18.6. The first kappa shape index (κ1) is 48.3. The van der Waals surface area contributed by atoms with Crippen molar-refractivity contribution in [2.75, 3.05) is 52.9 Å². The molecule has 0 unspecified atom stereocenters. The number of carbonyl (C=O) groups is 8. The normalized spacial score (nSPS) is 10.2. The molecule has 0 bridgehead atoms. The summed E-state index contributed by atoms with van der Waals surface area (Å²) >= 11 is 0. The molecule has 0 aromatic heterocycles. The standard InChI is InChI=1S/C45H32N4O16/c46-17-29-1-9-33(10-2-29)41(54)58-21-37(50)62-25-45(26-63-38(51)22-59-42(55)34-11-3-30(18-47)4-12-34,27-64-39(52)23-60-43(56)35-13-5-31(19-48)6-14-35)28-65-40(53)24-61-44(57)36-15-7-32(20-49)8-16-36/h1-16H,21-28H2. The number of nitriles is 4. The zero-order valence-electron chi connectivity index (χ0n) is 33.7. The SMILES string of the molecule is N#Cc1ccc(C(=O)OCC(=O)OCC(COC(=O)COC(=O)c2ccc(C#N)cc2)(COC(=O)COC(=O)c2ccc(C#N)cc2)COC(=O)COC(=O)c2ccc(C#N)cc2)cc1. The van der Waals surface area contributed by atoms with Gasteiger partial charge >= 0.3 is 47.8 Å². The van der Waals surface area contributed by atoms with Crippen molar-refractivity contribution >= 4 is 47.8 Å². The summed E-state index contributed by atoms with van der Waals surface area (Å²) in [7, 11) is 0. The number of hydrogen-bond acceptors (Lipinski definition) is 20. The topological polar surface area (TPSA) is 306 Å². The lowest BCUT2D eigenvalue weighted by Crippen LogP contribution is -2.45. The molecule has 4 rings (SSSR count). The zero-order valence-corrected chi connectivity index (χ0v) is 33.7. The number of hydrogen-bond donors (Lipinski definition) is 0. The summed E-state index contributed by atoms with van der Waals surface area (Å²) < 4.78 is 41.1. The van der Waals surface area contributed by atoms with E-state index in [9.17, 15) is 38.4 Å². The fraction of sp³-hybridized carbons (Fsp3) is 0.200. The summed E-state index contributed by atoms with van der Waals surface area (Å²) in [5.41, 5.74) is -1.11. The fourth-order valence-corrected chi connectivity index (χ4v) is 4.91. The molecule has 0 aliphatic rings. The van der Waals surface area contributed by atoms with Crippen LogP contribution in [0.15, 0.2) is 97.1 Å². The van der Waals surface area contributed by atoms with Crippen molar-refractivity contribution in [3.8, 4) is 24.3 Å². The average molecular weight is 885 g/mol. The van der Waals surface area contributed by atoms with Crippen molar-refractivity contribution in [3.63, 3.8) is 0 Å². The highest BCUT2D eigenvalue weighted by atomic mass is 16.6. The predicted octanol–water partition coefficient (Wildman–Crippen LogP) is 3.06. The molecule has 0 aliphatic carbocycles. The van der Waals surface area contributed by atoms with Gasteiger partial charge in [-0.3, -0.25) is 0 Å². The van der Waals surface area contributed by atoms with Crippen LogP contribution in [0.3, 0.4) is 0 Å². The van der Waals surface area contributed by atoms with Gasteiger partial charge in [0, 0.05) is 0 Å². The van der Waals surface area contributed by atoms with Crippen LogP contribution in [0.2, 0.25) is 0 Å². The maximum Gasteiger partial charge on any atom is 0.344 e. The van der Waals surface area contributed by atoms with Gasteiger partial charge in [-0.2, -0.15) is 21.0 Å². The number of carbonyl (C=O) groups excluding carboxylic acids is 8. The fourth-order valence-electron chi connectivity index (χ4n) is 4.91. The van der Waals surface area contributed by atoms with Crippen LogP contribution in [0.5, 0.6) is 0 Å². The molecule has 0 saturated heterocycles. The van der Waals surface area contributed by atoms with E-state index in [1.54, 1.807) is 0 Å². The van der Waals surface area contributed by atoms with E-state index in [0.717, 1.165) is 0 Å². The minimum atomic E-state index is -2.03. The molecule has 65 heavy (non-hydrogen) atoms. The molecule has 4 aromatic rings. The van der Waals surface area contributed by atoms with E-state index in [4.69, 9.17) is 58.9 Å². The minimum Gasteiger partial charge on any atom is -0.462 e. The van der Waals surface area contributed by atoms with Gasteiger partial charge < -0.3 is 37.9 Å². The van der Waals surface area contributed by atoms with E-state index in [0.29, 0.717) is 0 Å². The molecule has 0 heterocycles. The number of benzene rings is 4. The van der Waals surface area contributed by atoms with Gasteiger partial charge in [-0.05, 0) is 97.1 Å². The van der Waals surface area contributed by atoms with Crippen LogP contribution in [0, 0.1) is 50.7 Å². The minimum absolute atomic E-state index is 0.0171. The molecule has 0 fully saturated rings. The molecule has 0 spiro atoms. The number of esters is 8. The Kier molecular flexibility index (Phi) is 17.9. The largest absolute Gasteiger partial charge is 0.462 e. The summed E-state index contributed by atoms with van der Waals surface area (Å²) in [6.45, 7) is -7.59. The lowest BCUT2D eigenvalue weighted by Gasteiger charge is -2.31. The highest BCUT2D eigenvalue weighted by Gasteiger charge is 2.38. The van der Waals surface area contributed by atoms with Gasteiger partial charge in [0.2, 0.25) is 0 Å². The van der Waals surface area contributed by atoms with Crippen molar-refractivity contribution in [1.29, 1.82) is 21.0 Å². The third kappa shape index (κ3) is 15.5. The average Bonchev–Trinajstić information content (AvgIpc) is 3.35. The lowest BCUT2D eigenvalue weighted by atomic mass is 9.92. The summed E-state index contributed by atoms with van der Waals surface area (Å²) in [5.74, 6) is -8.72.